The first-order valence-electron chi connectivity index (χ1n) is 11.3. The van der Waals surface area contributed by atoms with E-state index in [4.69, 9.17) is 10.5 Å². The van der Waals surface area contributed by atoms with Crippen molar-refractivity contribution in [2.45, 2.75) is 45.8 Å². The van der Waals surface area contributed by atoms with Crippen LogP contribution in [0, 0.1) is 11.6 Å². The number of methoxy groups -OCH3 is 1. The molecular formula is C24H30F3N7O. The molecule has 0 radical (unpaired) electrons. The van der Waals surface area contributed by atoms with Gasteiger partial charge in [-0.05, 0) is 25.0 Å². The van der Waals surface area contributed by atoms with E-state index in [1.807, 2.05) is 11.8 Å². The molecule has 2 aromatic heterocycles. The topological polar surface area (TPSA) is 101 Å². The monoisotopic (exact) mass is 489 g/mol. The van der Waals surface area contributed by atoms with Gasteiger partial charge in [0.15, 0.2) is 5.82 Å². The van der Waals surface area contributed by atoms with E-state index in [0.717, 1.165) is 31.4 Å². The van der Waals surface area contributed by atoms with Crippen molar-refractivity contribution in [3.05, 3.63) is 53.9 Å². The summed E-state index contributed by atoms with van der Waals surface area (Å²) in [7, 11) is 1.53. The smallest absolute Gasteiger partial charge is 0.229 e. The largest absolute Gasteiger partial charge is 0.481 e. The number of nitrogens with two attached hydrogens (primary N) is 1. The second kappa shape index (κ2) is 12.1. The zero-order valence-electron chi connectivity index (χ0n) is 20.0. The first-order chi connectivity index (χ1) is 16.9. The van der Waals surface area contributed by atoms with E-state index in [1.54, 1.807) is 18.3 Å². The van der Waals surface area contributed by atoms with E-state index in [1.165, 1.54) is 13.3 Å². The van der Waals surface area contributed by atoms with Gasteiger partial charge in [-0.25, -0.2) is 23.1 Å². The van der Waals surface area contributed by atoms with E-state index >= 15 is 0 Å². The van der Waals surface area contributed by atoms with Crippen LogP contribution in [0.2, 0.25) is 0 Å². The van der Waals surface area contributed by atoms with Gasteiger partial charge < -0.3 is 26.0 Å². The SMILES string of the molecule is CCCC(CC)N(CNc1c(F)cc(F)cc1CF)c1nc(Nc2ccc(OC)nc2)ncc1N. The van der Waals surface area contributed by atoms with Crippen LogP contribution in [0.4, 0.5) is 42.0 Å². The van der Waals surface area contributed by atoms with Crippen LogP contribution < -0.4 is 26.0 Å². The molecule has 8 nitrogen and oxygen atoms in total. The molecule has 0 saturated carbocycles. The first-order valence-corrected chi connectivity index (χ1v) is 11.3. The molecule has 0 aliphatic rings. The summed E-state index contributed by atoms with van der Waals surface area (Å²) < 4.78 is 46.6. The number of alkyl halides is 1. The maximum Gasteiger partial charge on any atom is 0.229 e. The van der Waals surface area contributed by atoms with E-state index in [9.17, 15) is 13.2 Å². The minimum absolute atomic E-state index is 0.00228. The van der Waals surface area contributed by atoms with E-state index < -0.39 is 18.3 Å². The lowest BCUT2D eigenvalue weighted by Gasteiger charge is -2.33. The number of benzene rings is 1. The summed E-state index contributed by atoms with van der Waals surface area (Å²) in [5, 5.41) is 6.00. The molecule has 0 saturated heterocycles. The molecule has 3 aromatic rings. The Kier molecular flexibility index (Phi) is 8.93. The molecule has 4 N–H and O–H groups in total. The normalized spacial score (nSPS) is 11.7. The summed E-state index contributed by atoms with van der Waals surface area (Å²) in [5.41, 5.74) is 7.02. The van der Waals surface area contributed by atoms with Gasteiger partial charge in [-0.2, -0.15) is 4.98 Å². The Morgan fingerprint density at radius 1 is 1.14 bits per heavy atom. The first kappa shape index (κ1) is 25.9. The number of ether oxygens (including phenoxy) is 1. The molecular weight excluding hydrogens is 459 g/mol. The maximum absolute atomic E-state index is 14.5. The third-order valence-electron chi connectivity index (χ3n) is 5.51. The number of aromatic nitrogens is 3. The Morgan fingerprint density at radius 2 is 1.94 bits per heavy atom. The summed E-state index contributed by atoms with van der Waals surface area (Å²) in [6, 6.07) is 5.16. The average molecular weight is 490 g/mol. The lowest BCUT2D eigenvalue weighted by Crippen LogP contribution is -2.40. The fourth-order valence-electron chi connectivity index (χ4n) is 3.76. The highest BCUT2D eigenvalue weighted by molar-refractivity contribution is 5.66. The van der Waals surface area contributed by atoms with Crippen LogP contribution in [-0.4, -0.2) is 34.8 Å². The van der Waals surface area contributed by atoms with Crippen LogP contribution in [0.1, 0.15) is 38.7 Å². The number of hydrogen-bond donors (Lipinski definition) is 3. The molecule has 1 atom stereocenters. The molecule has 0 fully saturated rings. The molecule has 1 unspecified atom stereocenters. The number of hydrogen-bond acceptors (Lipinski definition) is 8. The van der Waals surface area contributed by atoms with Crippen LogP contribution in [0.3, 0.4) is 0 Å². The van der Waals surface area contributed by atoms with E-state index in [0.29, 0.717) is 23.1 Å². The Hall–Kier alpha value is -3.76. The standard InChI is InChI=1S/C24H30F3N7O/c1-4-6-18(5-2)34(14-31-22-15(11-25)9-16(26)10-19(22)27)23-20(28)13-30-24(33-23)32-17-7-8-21(35-3)29-12-17/h7-10,12-13,18,31H,4-6,11,14,28H2,1-3H3,(H,30,32,33). The van der Waals surface area contributed by atoms with Crippen molar-refractivity contribution in [3.63, 3.8) is 0 Å². The van der Waals surface area contributed by atoms with Gasteiger partial charge in [-0.15, -0.1) is 0 Å². The predicted molar refractivity (Wildman–Crippen MR) is 132 cm³/mol. The molecule has 0 aliphatic heterocycles. The van der Waals surface area contributed by atoms with Gasteiger partial charge in [0.25, 0.3) is 0 Å². The molecule has 35 heavy (non-hydrogen) atoms. The highest BCUT2D eigenvalue weighted by atomic mass is 19.1. The van der Waals surface area contributed by atoms with Gasteiger partial charge >= 0.3 is 0 Å². The quantitative estimate of drug-likeness (QED) is 0.291. The van der Waals surface area contributed by atoms with Gasteiger partial charge in [-0.3, -0.25) is 0 Å². The molecule has 11 heteroatoms. The maximum atomic E-state index is 14.5. The van der Waals surface area contributed by atoms with Crippen LogP contribution in [0.15, 0.2) is 36.7 Å². The number of rotatable bonds is 12. The second-order valence-corrected chi connectivity index (χ2v) is 7.90. The Labute approximate surface area is 202 Å². The van der Waals surface area contributed by atoms with Crippen LogP contribution in [0.25, 0.3) is 0 Å². The highest BCUT2D eigenvalue weighted by Crippen LogP contribution is 2.29. The Bertz CT molecular complexity index is 1120. The fourth-order valence-corrected chi connectivity index (χ4v) is 3.76. The van der Waals surface area contributed by atoms with Gasteiger partial charge in [0, 0.05) is 23.7 Å². The molecule has 0 bridgehead atoms. The highest BCUT2D eigenvalue weighted by Gasteiger charge is 2.22. The molecule has 1 aromatic carbocycles. The summed E-state index contributed by atoms with van der Waals surface area (Å²) in [5.74, 6) is -0.515. The zero-order valence-corrected chi connectivity index (χ0v) is 20.0. The van der Waals surface area contributed by atoms with Crippen molar-refractivity contribution in [1.29, 1.82) is 0 Å². The molecule has 3 rings (SSSR count). The van der Waals surface area contributed by atoms with Gasteiger partial charge in [0.05, 0.1) is 43.2 Å². The second-order valence-electron chi connectivity index (χ2n) is 7.90. The van der Waals surface area contributed by atoms with Crippen LogP contribution in [0.5, 0.6) is 5.88 Å². The predicted octanol–water partition coefficient (Wildman–Crippen LogP) is 5.41. The van der Waals surface area contributed by atoms with Crippen LogP contribution in [-0.2, 0) is 6.67 Å². The van der Waals surface area contributed by atoms with Crippen molar-refractivity contribution in [3.8, 4) is 5.88 Å². The summed E-state index contributed by atoms with van der Waals surface area (Å²) in [6.07, 6.45) is 5.53. The van der Waals surface area contributed by atoms with Gasteiger partial charge in [0.2, 0.25) is 11.8 Å². The van der Waals surface area contributed by atoms with Crippen molar-refractivity contribution >= 4 is 28.8 Å². The Balaban J connectivity index is 1.92. The number of anilines is 5. The third-order valence-corrected chi connectivity index (χ3v) is 5.51. The van der Waals surface area contributed by atoms with Crippen molar-refractivity contribution < 1.29 is 17.9 Å². The van der Waals surface area contributed by atoms with Crippen molar-refractivity contribution in [1.82, 2.24) is 15.0 Å². The summed E-state index contributed by atoms with van der Waals surface area (Å²) >= 11 is 0. The van der Waals surface area contributed by atoms with Gasteiger partial charge in [0.1, 0.15) is 18.3 Å². The van der Waals surface area contributed by atoms with Crippen LogP contribution >= 0.6 is 0 Å². The lowest BCUT2D eigenvalue weighted by atomic mass is 10.1. The minimum atomic E-state index is -1.01. The molecule has 0 spiro atoms. The van der Waals surface area contributed by atoms with Crippen molar-refractivity contribution in [2.24, 2.45) is 0 Å². The van der Waals surface area contributed by atoms with Gasteiger partial charge in [-0.1, -0.05) is 20.3 Å². The number of pyridine rings is 1. The molecule has 2 heterocycles. The molecule has 0 aliphatic carbocycles. The molecule has 188 valence electrons. The van der Waals surface area contributed by atoms with E-state index in [2.05, 4.69) is 32.5 Å². The average Bonchev–Trinajstić information content (AvgIpc) is 2.86. The lowest BCUT2D eigenvalue weighted by molar-refractivity contribution is 0.398. The number of halogens is 3. The number of nitrogens with one attached hydrogen (secondary N) is 2. The fraction of sp³-hybridized carbons (Fsp3) is 0.375. The number of nitrogen functional groups attached to an aromatic ring is 1. The minimum Gasteiger partial charge on any atom is -0.481 e. The summed E-state index contributed by atoms with van der Waals surface area (Å²) in [4.78, 5) is 14.9. The number of nitrogens with zero attached hydrogens (tertiary/aromatic N) is 4. The zero-order chi connectivity index (χ0) is 25.4. The van der Waals surface area contributed by atoms with Crippen molar-refractivity contribution in [2.75, 3.05) is 35.0 Å². The third kappa shape index (κ3) is 6.43. The Morgan fingerprint density at radius 3 is 2.57 bits per heavy atom. The van der Waals surface area contributed by atoms with E-state index in [-0.39, 0.29) is 29.9 Å². The molecule has 0 amide bonds. The summed E-state index contributed by atoms with van der Waals surface area (Å²) in [6.45, 7) is 3.14.